The first-order valence-corrected chi connectivity index (χ1v) is 10.7. The van der Waals surface area contributed by atoms with Crippen LogP contribution in [0.2, 0.25) is 0 Å². The molecule has 3 heteroatoms. The van der Waals surface area contributed by atoms with Crippen molar-refractivity contribution in [2.75, 3.05) is 6.54 Å². The van der Waals surface area contributed by atoms with Crippen LogP contribution in [0.3, 0.4) is 0 Å². The van der Waals surface area contributed by atoms with Crippen LogP contribution >= 0.6 is 0 Å². The van der Waals surface area contributed by atoms with Crippen molar-refractivity contribution in [2.45, 2.75) is 38.5 Å². The smallest absolute Gasteiger partial charge is 0.168 e. The average molecular weight is 398 g/mol. The molecular weight excluding hydrogens is 370 g/mol. The van der Waals surface area contributed by atoms with Crippen LogP contribution in [0.1, 0.15) is 43.2 Å². The number of fused-ring (bicyclic) bond motifs is 1. The van der Waals surface area contributed by atoms with E-state index in [0.29, 0.717) is 31.4 Å². The number of hydrogen-bond donors (Lipinski definition) is 1. The van der Waals surface area contributed by atoms with E-state index in [4.69, 9.17) is 4.99 Å². The fourth-order valence-electron chi connectivity index (χ4n) is 4.29. The van der Waals surface area contributed by atoms with E-state index in [1.165, 1.54) is 0 Å². The van der Waals surface area contributed by atoms with Gasteiger partial charge in [-0.1, -0.05) is 79.7 Å². The lowest BCUT2D eigenvalue weighted by Crippen LogP contribution is -2.27. The number of aliphatic hydroxyl groups excluding tert-OH is 1. The molecule has 1 fully saturated rings. The van der Waals surface area contributed by atoms with Crippen LogP contribution in [-0.2, 0) is 11.2 Å². The number of carbonyl (C=O) groups is 1. The van der Waals surface area contributed by atoms with Gasteiger partial charge < -0.3 is 5.11 Å². The van der Waals surface area contributed by atoms with Gasteiger partial charge in [-0.3, -0.25) is 9.79 Å². The molecule has 0 bridgehead atoms. The normalized spacial score (nSPS) is 20.0. The monoisotopic (exact) mass is 397 g/mol. The van der Waals surface area contributed by atoms with E-state index >= 15 is 0 Å². The summed E-state index contributed by atoms with van der Waals surface area (Å²) < 4.78 is 0. The Morgan fingerprint density at radius 1 is 0.967 bits per heavy atom. The first-order chi connectivity index (χ1) is 14.7. The van der Waals surface area contributed by atoms with Gasteiger partial charge in [-0.15, -0.1) is 0 Å². The highest BCUT2D eigenvalue weighted by molar-refractivity contribution is 6.24. The minimum atomic E-state index is -0.0114. The van der Waals surface area contributed by atoms with E-state index in [-0.39, 0.29) is 17.5 Å². The Hall–Kier alpha value is -3.20. The molecule has 0 radical (unpaired) electrons. The number of rotatable bonds is 5. The Balaban J connectivity index is 1.69. The van der Waals surface area contributed by atoms with Crippen LogP contribution < -0.4 is 0 Å². The first kappa shape index (κ1) is 20.1. The van der Waals surface area contributed by atoms with Crippen molar-refractivity contribution >= 4 is 22.3 Å². The summed E-state index contributed by atoms with van der Waals surface area (Å²) in [7, 11) is 0. The van der Waals surface area contributed by atoms with E-state index in [0.717, 1.165) is 34.0 Å². The lowest BCUT2D eigenvalue weighted by Gasteiger charge is -2.26. The Bertz CT molecular complexity index is 1110. The second-order valence-electron chi connectivity index (χ2n) is 7.90. The van der Waals surface area contributed by atoms with Gasteiger partial charge in [-0.05, 0) is 40.7 Å². The SMILES string of the molecule is CCCN=C1CC(c2ccccc2)CC(=O)/C1=C(/O)Cc1cccc2ccccc12. The van der Waals surface area contributed by atoms with Gasteiger partial charge >= 0.3 is 0 Å². The Kier molecular flexibility index (Phi) is 6.08. The molecule has 0 saturated heterocycles. The van der Waals surface area contributed by atoms with E-state index in [1.54, 1.807) is 0 Å². The van der Waals surface area contributed by atoms with Crippen LogP contribution in [0, 0.1) is 0 Å². The van der Waals surface area contributed by atoms with Crippen molar-refractivity contribution in [1.29, 1.82) is 0 Å². The van der Waals surface area contributed by atoms with Gasteiger partial charge in [0.25, 0.3) is 0 Å². The number of aliphatic hydroxyl groups is 1. The summed E-state index contributed by atoms with van der Waals surface area (Å²) >= 11 is 0. The molecule has 1 aliphatic rings. The van der Waals surface area contributed by atoms with Crippen LogP contribution in [0.4, 0.5) is 0 Å². The van der Waals surface area contributed by atoms with Gasteiger partial charge in [0.15, 0.2) is 5.78 Å². The third-order valence-corrected chi connectivity index (χ3v) is 5.76. The molecule has 0 aromatic heterocycles. The second-order valence-corrected chi connectivity index (χ2v) is 7.90. The van der Waals surface area contributed by atoms with E-state index in [9.17, 15) is 9.90 Å². The standard InChI is InChI=1S/C27H27NO2/c1-2-15-28-24-16-22(19-9-4-3-5-10-19)18-26(30)27(24)25(29)17-21-13-8-12-20-11-6-7-14-23(20)21/h3-14,22,29H,2,15-18H2,1H3/b27-25+,28-24?. The van der Waals surface area contributed by atoms with E-state index < -0.39 is 0 Å². The Labute approximate surface area is 177 Å². The molecule has 3 aromatic rings. The summed E-state index contributed by atoms with van der Waals surface area (Å²) in [4.78, 5) is 17.9. The summed E-state index contributed by atoms with van der Waals surface area (Å²) in [5.41, 5.74) is 3.36. The van der Waals surface area contributed by atoms with Crippen LogP contribution in [0.15, 0.2) is 89.1 Å². The Morgan fingerprint density at radius 2 is 1.70 bits per heavy atom. The van der Waals surface area contributed by atoms with Crippen molar-refractivity contribution in [1.82, 2.24) is 0 Å². The predicted molar refractivity (Wildman–Crippen MR) is 123 cm³/mol. The molecule has 0 spiro atoms. The third-order valence-electron chi connectivity index (χ3n) is 5.76. The summed E-state index contributed by atoms with van der Waals surface area (Å²) in [6.45, 7) is 2.73. The van der Waals surface area contributed by atoms with Crippen LogP contribution in [-0.4, -0.2) is 23.1 Å². The fourth-order valence-corrected chi connectivity index (χ4v) is 4.29. The Morgan fingerprint density at radius 3 is 2.50 bits per heavy atom. The number of nitrogens with zero attached hydrogens (tertiary/aromatic N) is 1. The van der Waals surface area contributed by atoms with Crippen molar-refractivity contribution in [3.63, 3.8) is 0 Å². The zero-order valence-corrected chi connectivity index (χ0v) is 17.3. The van der Waals surface area contributed by atoms with Gasteiger partial charge in [-0.2, -0.15) is 0 Å². The maximum Gasteiger partial charge on any atom is 0.168 e. The number of allylic oxidation sites excluding steroid dienone is 2. The van der Waals surface area contributed by atoms with Crippen LogP contribution in [0.25, 0.3) is 10.8 Å². The minimum Gasteiger partial charge on any atom is -0.511 e. The van der Waals surface area contributed by atoms with E-state index in [1.807, 2.05) is 42.5 Å². The van der Waals surface area contributed by atoms with Crippen molar-refractivity contribution in [2.24, 2.45) is 4.99 Å². The molecule has 30 heavy (non-hydrogen) atoms. The predicted octanol–water partition coefficient (Wildman–Crippen LogP) is 6.19. The molecule has 3 aromatic carbocycles. The first-order valence-electron chi connectivity index (χ1n) is 10.7. The second kappa shape index (κ2) is 9.08. The lowest BCUT2D eigenvalue weighted by atomic mass is 9.78. The van der Waals surface area contributed by atoms with Crippen molar-refractivity contribution in [3.05, 3.63) is 95.3 Å². The zero-order valence-electron chi connectivity index (χ0n) is 17.3. The molecule has 152 valence electrons. The molecule has 0 amide bonds. The van der Waals surface area contributed by atoms with Gasteiger partial charge in [-0.25, -0.2) is 0 Å². The molecule has 1 atom stereocenters. The van der Waals surface area contributed by atoms with Crippen molar-refractivity contribution < 1.29 is 9.90 Å². The average Bonchev–Trinajstić information content (AvgIpc) is 2.78. The van der Waals surface area contributed by atoms with Crippen molar-refractivity contribution in [3.8, 4) is 0 Å². The highest BCUT2D eigenvalue weighted by Crippen LogP contribution is 2.34. The number of aliphatic imine (C=N–C) groups is 1. The van der Waals surface area contributed by atoms with Gasteiger partial charge in [0.05, 0.1) is 5.57 Å². The van der Waals surface area contributed by atoms with Crippen LogP contribution in [0.5, 0.6) is 0 Å². The molecule has 1 unspecified atom stereocenters. The molecule has 1 N–H and O–H groups in total. The molecule has 4 rings (SSSR count). The molecular formula is C27H27NO2. The van der Waals surface area contributed by atoms with E-state index in [2.05, 4.69) is 37.3 Å². The maximum absolute atomic E-state index is 13.1. The summed E-state index contributed by atoms with van der Waals surface area (Å²) in [5, 5.41) is 13.3. The highest BCUT2D eigenvalue weighted by atomic mass is 16.3. The number of hydrogen-bond acceptors (Lipinski definition) is 3. The maximum atomic E-state index is 13.1. The molecule has 0 heterocycles. The molecule has 0 aliphatic heterocycles. The zero-order chi connectivity index (χ0) is 20.9. The molecule has 1 aliphatic carbocycles. The fraction of sp³-hybridized carbons (Fsp3) is 0.259. The number of ketones is 1. The third kappa shape index (κ3) is 4.20. The quantitative estimate of drug-likeness (QED) is 0.412. The summed E-state index contributed by atoms with van der Waals surface area (Å²) in [6.07, 6.45) is 2.34. The molecule has 1 saturated carbocycles. The van der Waals surface area contributed by atoms with Gasteiger partial charge in [0, 0.05) is 25.1 Å². The highest BCUT2D eigenvalue weighted by Gasteiger charge is 2.32. The topological polar surface area (TPSA) is 49.7 Å². The largest absolute Gasteiger partial charge is 0.511 e. The minimum absolute atomic E-state index is 0.0114. The molecule has 3 nitrogen and oxygen atoms in total. The number of carbonyl (C=O) groups excluding carboxylic acids is 1. The number of Topliss-reactive ketones (excluding diaryl/α,β-unsaturated/α-hetero) is 1. The number of benzene rings is 3. The van der Waals surface area contributed by atoms with Gasteiger partial charge in [0.1, 0.15) is 5.76 Å². The van der Waals surface area contributed by atoms with Gasteiger partial charge in [0.2, 0.25) is 0 Å². The lowest BCUT2D eigenvalue weighted by molar-refractivity contribution is -0.115. The summed E-state index contributed by atoms with van der Waals surface area (Å²) in [6, 6.07) is 24.3. The summed E-state index contributed by atoms with van der Waals surface area (Å²) in [5.74, 6) is 0.240.